The molecule has 0 radical (unpaired) electrons. The van der Waals surface area contributed by atoms with E-state index in [9.17, 15) is 9.59 Å². The Balaban J connectivity index is 3.77. The zero-order chi connectivity index (χ0) is 11.7. The minimum absolute atomic E-state index is 0.268. The van der Waals surface area contributed by atoms with Crippen molar-refractivity contribution in [3.8, 4) is 0 Å². The Kier molecular flexibility index (Phi) is 7.24. The zero-order valence-corrected chi connectivity index (χ0v) is 9.58. The van der Waals surface area contributed by atoms with Gasteiger partial charge in [-0.3, -0.25) is 9.59 Å². The molecular weight excluding hydrogens is 192 g/mol. The third-order valence-corrected chi connectivity index (χ3v) is 1.91. The van der Waals surface area contributed by atoms with Crippen LogP contribution < -0.4 is 0 Å². The van der Waals surface area contributed by atoms with Crippen LogP contribution in [0.25, 0.3) is 0 Å². The quantitative estimate of drug-likeness (QED) is 0.292. The number of esters is 1. The summed E-state index contributed by atoms with van der Waals surface area (Å²) in [6.07, 6.45) is 6.35. The molecule has 0 aliphatic heterocycles. The smallest absolute Gasteiger partial charge is 0.302 e. The predicted octanol–water partition coefficient (Wildman–Crippen LogP) is 2.42. The van der Waals surface area contributed by atoms with Crippen LogP contribution in [0.2, 0.25) is 0 Å². The molecule has 0 saturated heterocycles. The van der Waals surface area contributed by atoms with Crippen molar-refractivity contribution in [3.05, 3.63) is 23.3 Å². The second-order valence-corrected chi connectivity index (χ2v) is 3.46. The highest BCUT2D eigenvalue weighted by molar-refractivity contribution is 5.71. The molecule has 0 rings (SSSR count). The van der Waals surface area contributed by atoms with Gasteiger partial charge in [0.25, 0.3) is 0 Å². The van der Waals surface area contributed by atoms with Gasteiger partial charge < -0.3 is 4.74 Å². The lowest BCUT2D eigenvalue weighted by Gasteiger charge is -1.99. The van der Waals surface area contributed by atoms with Crippen LogP contribution in [0.15, 0.2) is 23.3 Å². The lowest BCUT2D eigenvalue weighted by molar-refractivity contribution is -0.139. The van der Waals surface area contributed by atoms with Crippen molar-refractivity contribution in [2.75, 3.05) is 6.61 Å². The van der Waals surface area contributed by atoms with E-state index >= 15 is 0 Å². The van der Waals surface area contributed by atoms with Crippen molar-refractivity contribution in [1.29, 1.82) is 0 Å². The molecular formula is C12H18O3. The summed E-state index contributed by atoms with van der Waals surface area (Å²) in [6.45, 7) is 5.48. The molecule has 0 bridgehead atoms. The summed E-state index contributed by atoms with van der Waals surface area (Å²) in [5.41, 5.74) is 1.91. The summed E-state index contributed by atoms with van der Waals surface area (Å²) >= 11 is 0. The zero-order valence-electron chi connectivity index (χ0n) is 9.58. The van der Waals surface area contributed by atoms with E-state index in [4.69, 9.17) is 4.74 Å². The molecule has 0 atom stereocenters. The first-order chi connectivity index (χ1) is 7.06. The lowest BCUT2D eigenvalue weighted by Crippen LogP contribution is -1.98. The van der Waals surface area contributed by atoms with Crippen LogP contribution in [0.1, 0.15) is 33.6 Å². The largest absolute Gasteiger partial charge is 0.462 e. The normalized spacial score (nSPS) is 12.5. The summed E-state index contributed by atoms with van der Waals surface area (Å²) in [5, 5.41) is 0. The van der Waals surface area contributed by atoms with Gasteiger partial charge in [-0.2, -0.15) is 0 Å². The molecule has 3 heteroatoms. The van der Waals surface area contributed by atoms with Crippen molar-refractivity contribution in [2.24, 2.45) is 0 Å². The average Bonchev–Trinajstić information content (AvgIpc) is 2.17. The highest BCUT2D eigenvalue weighted by atomic mass is 16.5. The van der Waals surface area contributed by atoms with Crippen LogP contribution in [-0.4, -0.2) is 18.9 Å². The van der Waals surface area contributed by atoms with Crippen LogP contribution in [0.4, 0.5) is 0 Å². The molecule has 0 saturated carbocycles. The van der Waals surface area contributed by atoms with E-state index in [1.807, 2.05) is 19.1 Å². The SMILES string of the molecule is CC(=O)OC/C=C(/C)CC/C=C(\C)C=O. The number of carbonyl (C=O) groups is 2. The molecule has 0 unspecified atom stereocenters. The van der Waals surface area contributed by atoms with Crippen molar-refractivity contribution in [3.63, 3.8) is 0 Å². The number of aldehydes is 1. The number of hydrogen-bond donors (Lipinski definition) is 0. The highest BCUT2D eigenvalue weighted by Gasteiger charge is 1.92. The van der Waals surface area contributed by atoms with Gasteiger partial charge in [0.15, 0.2) is 0 Å². The first-order valence-electron chi connectivity index (χ1n) is 4.97. The van der Waals surface area contributed by atoms with Crippen LogP contribution in [0, 0.1) is 0 Å². The molecule has 3 nitrogen and oxygen atoms in total. The van der Waals surface area contributed by atoms with Crippen LogP contribution in [-0.2, 0) is 14.3 Å². The van der Waals surface area contributed by atoms with Gasteiger partial charge in [-0.05, 0) is 38.3 Å². The van der Waals surface area contributed by atoms with Gasteiger partial charge in [-0.1, -0.05) is 11.6 Å². The van der Waals surface area contributed by atoms with Crippen molar-refractivity contribution >= 4 is 12.3 Å². The summed E-state index contributed by atoms with van der Waals surface area (Å²) < 4.78 is 4.77. The second-order valence-electron chi connectivity index (χ2n) is 3.46. The number of rotatable bonds is 6. The Hall–Kier alpha value is -1.38. The molecule has 0 aromatic heterocycles. The third kappa shape index (κ3) is 8.94. The standard InChI is InChI=1S/C12H18O3/c1-10(7-8-15-12(3)14)5-4-6-11(2)9-13/h6-7,9H,4-5,8H2,1-3H3/b10-7-,11-6+. The van der Waals surface area contributed by atoms with Gasteiger partial charge >= 0.3 is 5.97 Å². The maximum absolute atomic E-state index is 10.5. The molecule has 0 aromatic rings. The van der Waals surface area contributed by atoms with E-state index in [1.54, 1.807) is 6.92 Å². The molecule has 0 aliphatic rings. The molecule has 0 fully saturated rings. The van der Waals surface area contributed by atoms with Crippen molar-refractivity contribution in [1.82, 2.24) is 0 Å². The second kappa shape index (κ2) is 7.97. The van der Waals surface area contributed by atoms with E-state index in [1.165, 1.54) is 6.92 Å². The molecule has 0 aromatic carbocycles. The van der Waals surface area contributed by atoms with Crippen molar-refractivity contribution < 1.29 is 14.3 Å². The maximum atomic E-state index is 10.5. The Morgan fingerprint density at radius 3 is 2.40 bits per heavy atom. The molecule has 0 amide bonds. The van der Waals surface area contributed by atoms with Gasteiger partial charge in [-0.15, -0.1) is 0 Å². The first-order valence-corrected chi connectivity index (χ1v) is 4.97. The van der Waals surface area contributed by atoms with Gasteiger partial charge in [0.2, 0.25) is 0 Å². The van der Waals surface area contributed by atoms with Crippen LogP contribution in [0.5, 0.6) is 0 Å². The summed E-state index contributed by atoms with van der Waals surface area (Å²) in [7, 11) is 0. The Bertz CT molecular complexity index is 275. The van der Waals surface area contributed by atoms with Gasteiger partial charge in [0.1, 0.15) is 12.9 Å². The Labute approximate surface area is 90.8 Å². The fourth-order valence-electron chi connectivity index (χ4n) is 0.979. The van der Waals surface area contributed by atoms with Gasteiger partial charge in [0, 0.05) is 6.92 Å². The number of allylic oxidation sites excluding steroid dienone is 3. The van der Waals surface area contributed by atoms with Gasteiger partial charge in [-0.25, -0.2) is 0 Å². The topological polar surface area (TPSA) is 43.4 Å². The minimum atomic E-state index is -0.268. The van der Waals surface area contributed by atoms with E-state index in [0.717, 1.165) is 30.3 Å². The fourth-order valence-corrected chi connectivity index (χ4v) is 0.979. The summed E-state index contributed by atoms with van der Waals surface area (Å²) in [6, 6.07) is 0. The highest BCUT2D eigenvalue weighted by Crippen LogP contribution is 2.05. The predicted molar refractivity (Wildman–Crippen MR) is 59.4 cm³/mol. The number of carbonyl (C=O) groups excluding carboxylic acids is 2. The number of hydrogen-bond acceptors (Lipinski definition) is 3. The Morgan fingerprint density at radius 2 is 1.87 bits per heavy atom. The summed E-state index contributed by atoms with van der Waals surface area (Å²) in [4.78, 5) is 20.8. The van der Waals surface area contributed by atoms with Crippen LogP contribution >= 0.6 is 0 Å². The monoisotopic (exact) mass is 210 g/mol. The fraction of sp³-hybridized carbons (Fsp3) is 0.500. The first kappa shape index (κ1) is 13.6. The van der Waals surface area contributed by atoms with Crippen LogP contribution in [0.3, 0.4) is 0 Å². The summed E-state index contributed by atoms with van der Waals surface area (Å²) in [5.74, 6) is -0.268. The average molecular weight is 210 g/mol. The molecule has 0 aliphatic carbocycles. The Morgan fingerprint density at radius 1 is 1.20 bits per heavy atom. The molecule has 15 heavy (non-hydrogen) atoms. The molecule has 84 valence electrons. The third-order valence-electron chi connectivity index (χ3n) is 1.91. The lowest BCUT2D eigenvalue weighted by atomic mass is 10.1. The maximum Gasteiger partial charge on any atom is 0.302 e. The van der Waals surface area contributed by atoms with E-state index in [-0.39, 0.29) is 5.97 Å². The molecule has 0 heterocycles. The minimum Gasteiger partial charge on any atom is -0.462 e. The van der Waals surface area contributed by atoms with E-state index in [0.29, 0.717) is 6.61 Å². The van der Waals surface area contributed by atoms with E-state index < -0.39 is 0 Å². The number of ether oxygens (including phenoxy) is 1. The van der Waals surface area contributed by atoms with E-state index in [2.05, 4.69) is 0 Å². The molecule has 0 N–H and O–H groups in total. The van der Waals surface area contributed by atoms with Gasteiger partial charge in [0.05, 0.1) is 0 Å². The molecule has 0 spiro atoms. The van der Waals surface area contributed by atoms with Crippen molar-refractivity contribution in [2.45, 2.75) is 33.6 Å².